The van der Waals surface area contributed by atoms with E-state index in [4.69, 9.17) is 10.5 Å². The molecule has 40 heavy (non-hydrogen) atoms. The van der Waals surface area contributed by atoms with E-state index in [9.17, 15) is 9.90 Å². The van der Waals surface area contributed by atoms with Crippen LogP contribution in [0, 0.1) is 0 Å². The number of anilines is 2. The molecule has 6 aromatic rings. The van der Waals surface area contributed by atoms with Crippen LogP contribution in [0.15, 0.2) is 71.6 Å². The number of aromatic nitrogens is 2. The minimum Gasteiger partial charge on any atom is -1.00 e. The number of nitrogen functional groups attached to an aromatic ring is 1. The van der Waals surface area contributed by atoms with Crippen molar-refractivity contribution in [1.82, 2.24) is 9.55 Å². The molecule has 4 heterocycles. The topological polar surface area (TPSA) is 102 Å². The zero-order valence-electron chi connectivity index (χ0n) is 22.3. The molecule has 0 bridgehead atoms. The number of para-hydroxylation sites is 1. The van der Waals surface area contributed by atoms with Crippen molar-refractivity contribution in [2.24, 2.45) is 7.05 Å². The maximum absolute atomic E-state index is 13.2. The van der Waals surface area contributed by atoms with E-state index in [-0.39, 0.29) is 50.5 Å². The van der Waals surface area contributed by atoms with E-state index in [2.05, 4.69) is 15.7 Å². The molecule has 0 aliphatic carbocycles. The zero-order chi connectivity index (χ0) is 26.4. The van der Waals surface area contributed by atoms with Gasteiger partial charge in [-0.2, -0.15) is 0 Å². The molecule has 1 amide bonds. The van der Waals surface area contributed by atoms with Gasteiger partial charge in [0.1, 0.15) is 17.3 Å². The molecule has 0 fully saturated rings. The predicted octanol–water partition coefficient (Wildman–Crippen LogP) is 3.14. The summed E-state index contributed by atoms with van der Waals surface area (Å²) in [5, 5.41) is 18.7. The first-order chi connectivity index (χ1) is 18.5. The molecule has 0 aliphatic heterocycles. The smallest absolute Gasteiger partial charge is 1.00 e. The fourth-order valence-electron chi connectivity index (χ4n) is 4.83. The normalized spacial score (nSPS) is 10.8. The predicted molar refractivity (Wildman–Crippen MR) is 162 cm³/mol. The summed E-state index contributed by atoms with van der Waals surface area (Å²) in [5.41, 5.74) is 12.2. The average molecular weight is 574 g/mol. The van der Waals surface area contributed by atoms with E-state index in [0.29, 0.717) is 22.9 Å². The van der Waals surface area contributed by atoms with Gasteiger partial charge in [-0.1, -0.05) is 24.3 Å². The van der Waals surface area contributed by atoms with Crippen molar-refractivity contribution < 1.29 is 44.2 Å². The first-order valence-electron chi connectivity index (χ1n) is 11.9. The SMILES string of the molecule is COc1cc(-c2csc3c(-c4ccsc4CO)cnc(N)c23)ccc1NC(=O)c1cc2ccccc2n1C.[B-].[Na+]. The Bertz CT molecular complexity index is 1850. The summed E-state index contributed by atoms with van der Waals surface area (Å²) in [7, 11) is 3.46. The van der Waals surface area contributed by atoms with Gasteiger partial charge in [0, 0.05) is 55.8 Å². The summed E-state index contributed by atoms with van der Waals surface area (Å²) in [4.78, 5) is 18.5. The standard InChI is InChI=1S/C29H24N4O3S2.B.Na/c1-33-22-6-4-3-5-17(22)11-23(33)29(35)32-21-8-7-16(12-24(21)36-2)20-15-38-27-19(13-31-28(30)26(20)27)18-9-10-37-25(18)14-34;;/h3-13,15,34H,14H2,1-2H3,(H2,30,31)(H,32,35);;/q;-1;+1. The van der Waals surface area contributed by atoms with Crippen LogP contribution in [0.25, 0.3) is 43.2 Å². The third-order valence-corrected chi connectivity index (χ3v) is 8.67. The molecule has 6 rings (SSSR count). The molecule has 0 spiro atoms. The summed E-state index contributed by atoms with van der Waals surface area (Å²) in [5.74, 6) is 0.759. The van der Waals surface area contributed by atoms with Crippen LogP contribution in [0.4, 0.5) is 11.5 Å². The van der Waals surface area contributed by atoms with Crippen LogP contribution in [0.1, 0.15) is 15.4 Å². The van der Waals surface area contributed by atoms with Crippen molar-refractivity contribution in [3.05, 3.63) is 82.1 Å². The van der Waals surface area contributed by atoms with Gasteiger partial charge in [-0.15, -0.1) is 22.7 Å². The Morgan fingerprint density at radius 3 is 2.65 bits per heavy atom. The molecule has 11 heteroatoms. The van der Waals surface area contributed by atoms with Crippen LogP contribution >= 0.6 is 22.7 Å². The van der Waals surface area contributed by atoms with Crippen LogP contribution in [-0.2, 0) is 13.7 Å². The van der Waals surface area contributed by atoms with E-state index in [1.807, 2.05) is 71.6 Å². The number of amides is 1. The van der Waals surface area contributed by atoms with Crippen molar-refractivity contribution in [2.45, 2.75) is 6.61 Å². The number of benzene rings is 2. The number of carbonyl (C=O) groups excluding carboxylic acids is 1. The van der Waals surface area contributed by atoms with Gasteiger partial charge in [-0.25, -0.2) is 4.98 Å². The van der Waals surface area contributed by atoms with E-state index >= 15 is 0 Å². The number of aliphatic hydroxyl groups is 1. The number of hydrogen-bond donors (Lipinski definition) is 3. The maximum Gasteiger partial charge on any atom is 1.00 e. The van der Waals surface area contributed by atoms with Crippen LogP contribution < -0.4 is 45.3 Å². The Morgan fingerprint density at radius 2 is 1.90 bits per heavy atom. The van der Waals surface area contributed by atoms with E-state index in [0.717, 1.165) is 48.1 Å². The van der Waals surface area contributed by atoms with Crippen LogP contribution in [0.5, 0.6) is 5.75 Å². The van der Waals surface area contributed by atoms with Gasteiger partial charge in [-0.3, -0.25) is 4.79 Å². The molecular weight excluding hydrogens is 550 g/mol. The van der Waals surface area contributed by atoms with Crippen molar-refractivity contribution in [2.75, 3.05) is 18.2 Å². The Labute approximate surface area is 263 Å². The molecule has 0 saturated carbocycles. The third-order valence-electron chi connectivity index (χ3n) is 6.75. The Balaban J connectivity index is 0.00000185. The number of pyridine rings is 1. The number of ether oxygens (including phenoxy) is 1. The number of nitrogens with two attached hydrogens (primary N) is 1. The van der Waals surface area contributed by atoms with Crippen molar-refractivity contribution in [3.63, 3.8) is 0 Å². The summed E-state index contributed by atoms with van der Waals surface area (Å²) < 4.78 is 8.56. The number of methoxy groups -OCH3 is 1. The first-order valence-corrected chi connectivity index (χ1v) is 13.6. The van der Waals surface area contributed by atoms with Crippen molar-refractivity contribution >= 4 is 69.5 Å². The number of aryl methyl sites for hydroxylation is 1. The van der Waals surface area contributed by atoms with Gasteiger partial charge in [0.2, 0.25) is 0 Å². The summed E-state index contributed by atoms with van der Waals surface area (Å²) in [6, 6.07) is 17.4. The molecule has 7 nitrogen and oxygen atoms in total. The molecule has 0 saturated heterocycles. The zero-order valence-corrected chi connectivity index (χ0v) is 25.9. The Kier molecular flexibility index (Phi) is 9.09. The third kappa shape index (κ3) is 5.07. The molecule has 194 valence electrons. The van der Waals surface area contributed by atoms with Gasteiger partial charge in [0.05, 0.1) is 19.4 Å². The molecule has 2 aromatic carbocycles. The summed E-state index contributed by atoms with van der Waals surface area (Å²) in [6.45, 7) is -0.0275. The minimum absolute atomic E-state index is 0. The van der Waals surface area contributed by atoms with E-state index in [1.165, 1.54) is 11.3 Å². The second kappa shape index (κ2) is 12.2. The largest absolute Gasteiger partial charge is 1.00 e. The molecule has 0 atom stereocenters. The number of hydrogen-bond acceptors (Lipinski definition) is 7. The second-order valence-corrected chi connectivity index (χ2v) is 10.7. The van der Waals surface area contributed by atoms with Gasteiger partial charge in [0.25, 0.3) is 5.91 Å². The Hall–Kier alpha value is -3.12. The van der Waals surface area contributed by atoms with Gasteiger partial charge >= 0.3 is 29.6 Å². The molecule has 0 unspecified atom stereocenters. The summed E-state index contributed by atoms with van der Waals surface area (Å²) in [6.07, 6.45) is 1.77. The molecule has 4 aromatic heterocycles. The quantitative estimate of drug-likeness (QED) is 0.266. The number of fused-ring (bicyclic) bond motifs is 2. The number of carbonyl (C=O) groups is 1. The van der Waals surface area contributed by atoms with Crippen LogP contribution in [0.2, 0.25) is 0 Å². The number of aliphatic hydroxyl groups excluding tert-OH is 1. The fourth-order valence-corrected chi connectivity index (χ4v) is 6.69. The second-order valence-electron chi connectivity index (χ2n) is 8.84. The number of nitrogens with zero attached hydrogens (tertiary/aromatic N) is 2. The Morgan fingerprint density at radius 1 is 1.10 bits per heavy atom. The number of nitrogens with one attached hydrogen (secondary N) is 1. The first kappa shape index (κ1) is 29.9. The van der Waals surface area contributed by atoms with Crippen LogP contribution in [0.3, 0.4) is 0 Å². The maximum atomic E-state index is 13.2. The van der Waals surface area contributed by atoms with Crippen molar-refractivity contribution in [3.8, 4) is 28.0 Å². The van der Waals surface area contributed by atoms with Gasteiger partial charge in [0.15, 0.2) is 0 Å². The van der Waals surface area contributed by atoms with E-state index < -0.39 is 0 Å². The van der Waals surface area contributed by atoms with Gasteiger partial charge in [-0.05, 0) is 46.7 Å². The number of thiophene rings is 2. The summed E-state index contributed by atoms with van der Waals surface area (Å²) >= 11 is 3.10. The van der Waals surface area contributed by atoms with Crippen molar-refractivity contribution in [1.29, 1.82) is 0 Å². The molecule has 0 aliphatic rings. The molecule has 4 radical (unpaired) electrons. The molecule has 4 N–H and O–H groups in total. The fraction of sp³-hybridized carbons (Fsp3) is 0.103. The van der Waals surface area contributed by atoms with Crippen LogP contribution in [-0.4, -0.2) is 36.1 Å². The van der Waals surface area contributed by atoms with E-state index in [1.54, 1.807) is 24.6 Å². The average Bonchev–Trinajstić information content (AvgIpc) is 3.67. The monoisotopic (exact) mass is 574 g/mol. The van der Waals surface area contributed by atoms with Gasteiger partial charge < -0.3 is 33.9 Å². The minimum atomic E-state index is -0.218. The molecular formula is C29H24BN4NaO3S2. The number of rotatable bonds is 6.